The third-order valence-electron chi connectivity index (χ3n) is 2.66. The van der Waals surface area contributed by atoms with Crippen molar-refractivity contribution < 1.29 is 9.90 Å². The summed E-state index contributed by atoms with van der Waals surface area (Å²) in [5.41, 5.74) is 1.25. The lowest BCUT2D eigenvalue weighted by molar-refractivity contribution is 0.0952. The van der Waals surface area contributed by atoms with Gasteiger partial charge in [0.05, 0.1) is 0 Å². The van der Waals surface area contributed by atoms with Crippen LogP contribution < -0.4 is 5.32 Å². The van der Waals surface area contributed by atoms with Crippen LogP contribution in [0.1, 0.15) is 35.8 Å². The minimum Gasteiger partial charge on any atom is -0.396 e. The Labute approximate surface area is 112 Å². The Balaban J connectivity index is 2.41. The number of hydrogen-bond acceptors (Lipinski definition) is 3. The van der Waals surface area contributed by atoms with Crippen molar-refractivity contribution in [2.75, 3.05) is 13.2 Å². The molecule has 0 spiro atoms. The molecule has 0 aromatic carbocycles. The van der Waals surface area contributed by atoms with Crippen molar-refractivity contribution in [1.29, 1.82) is 0 Å². The van der Waals surface area contributed by atoms with Crippen molar-refractivity contribution >= 4 is 17.5 Å². The number of rotatable bonds is 6. The number of pyridine rings is 1. The molecule has 1 aromatic heterocycles. The fourth-order valence-corrected chi connectivity index (χ4v) is 1.86. The molecule has 0 aliphatic carbocycles. The largest absolute Gasteiger partial charge is 0.396 e. The molecule has 1 heterocycles. The molecule has 4 nitrogen and oxygen atoms in total. The molecule has 0 aliphatic heterocycles. The van der Waals surface area contributed by atoms with Gasteiger partial charge in [0.2, 0.25) is 0 Å². The van der Waals surface area contributed by atoms with E-state index in [2.05, 4.69) is 10.3 Å². The Morgan fingerprint density at radius 2 is 2.28 bits per heavy atom. The lowest BCUT2D eigenvalue weighted by atomic mass is 10.1. The van der Waals surface area contributed by atoms with Crippen LogP contribution in [0.4, 0.5) is 0 Å². The fourth-order valence-electron chi connectivity index (χ4n) is 1.60. The van der Waals surface area contributed by atoms with E-state index in [0.717, 1.165) is 18.5 Å². The molecule has 5 heteroatoms. The van der Waals surface area contributed by atoms with E-state index in [0.29, 0.717) is 17.3 Å². The molecule has 1 aromatic rings. The monoisotopic (exact) mass is 270 g/mol. The van der Waals surface area contributed by atoms with Gasteiger partial charge >= 0.3 is 0 Å². The molecule has 1 atom stereocenters. The summed E-state index contributed by atoms with van der Waals surface area (Å²) in [6, 6.07) is 3.26. The Kier molecular flexibility index (Phi) is 6.09. The van der Waals surface area contributed by atoms with Crippen LogP contribution in [0.15, 0.2) is 12.1 Å². The van der Waals surface area contributed by atoms with Gasteiger partial charge in [0.1, 0.15) is 5.15 Å². The van der Waals surface area contributed by atoms with Crippen LogP contribution in [0, 0.1) is 12.8 Å². The SMILES string of the molecule is Cc1cc(C(=O)NCCCC(C)CO)cc(Cl)n1. The average molecular weight is 271 g/mol. The first-order chi connectivity index (χ1) is 8.52. The minimum absolute atomic E-state index is 0.140. The Hall–Kier alpha value is -1.13. The van der Waals surface area contributed by atoms with Gasteiger partial charge in [-0.15, -0.1) is 0 Å². The second-order valence-electron chi connectivity index (χ2n) is 4.51. The first-order valence-electron chi connectivity index (χ1n) is 6.06. The van der Waals surface area contributed by atoms with Gasteiger partial charge in [-0.25, -0.2) is 4.98 Å². The lowest BCUT2D eigenvalue weighted by Crippen LogP contribution is -2.25. The maximum atomic E-state index is 11.8. The van der Waals surface area contributed by atoms with Crippen molar-refractivity contribution in [1.82, 2.24) is 10.3 Å². The number of aryl methyl sites for hydroxylation is 1. The first-order valence-corrected chi connectivity index (χ1v) is 6.44. The predicted octanol–water partition coefficient (Wildman–Crippen LogP) is 2.18. The Morgan fingerprint density at radius 1 is 1.56 bits per heavy atom. The summed E-state index contributed by atoms with van der Waals surface area (Å²) in [4.78, 5) is 15.8. The molecule has 1 rings (SSSR count). The van der Waals surface area contributed by atoms with E-state index in [-0.39, 0.29) is 18.4 Å². The maximum Gasteiger partial charge on any atom is 0.251 e. The van der Waals surface area contributed by atoms with Crippen molar-refractivity contribution in [2.45, 2.75) is 26.7 Å². The number of aliphatic hydroxyl groups is 1. The molecule has 100 valence electrons. The number of nitrogens with one attached hydrogen (secondary N) is 1. The van der Waals surface area contributed by atoms with Gasteiger partial charge in [-0.1, -0.05) is 18.5 Å². The van der Waals surface area contributed by atoms with Crippen molar-refractivity contribution in [2.24, 2.45) is 5.92 Å². The minimum atomic E-state index is -0.140. The molecule has 0 radical (unpaired) electrons. The van der Waals surface area contributed by atoms with E-state index in [9.17, 15) is 4.79 Å². The van der Waals surface area contributed by atoms with Gasteiger partial charge in [0, 0.05) is 24.4 Å². The fraction of sp³-hybridized carbons (Fsp3) is 0.538. The highest BCUT2D eigenvalue weighted by Crippen LogP contribution is 2.10. The standard InChI is InChI=1S/C13H19ClN2O2/c1-9(8-17)4-3-5-15-13(18)11-6-10(2)16-12(14)7-11/h6-7,9,17H,3-5,8H2,1-2H3,(H,15,18). The topological polar surface area (TPSA) is 62.2 Å². The van der Waals surface area contributed by atoms with E-state index in [1.807, 2.05) is 6.92 Å². The number of hydrogen-bond donors (Lipinski definition) is 2. The van der Waals surface area contributed by atoms with Crippen LogP contribution >= 0.6 is 11.6 Å². The number of carbonyl (C=O) groups excluding carboxylic acids is 1. The van der Waals surface area contributed by atoms with Crippen LogP contribution in [0.3, 0.4) is 0 Å². The highest BCUT2D eigenvalue weighted by Gasteiger charge is 2.07. The molecule has 0 saturated heterocycles. The van der Waals surface area contributed by atoms with Gasteiger partial charge in [-0.3, -0.25) is 4.79 Å². The zero-order valence-corrected chi connectivity index (χ0v) is 11.5. The van der Waals surface area contributed by atoms with Crippen molar-refractivity contribution in [3.8, 4) is 0 Å². The third-order valence-corrected chi connectivity index (χ3v) is 2.85. The number of amides is 1. The van der Waals surface area contributed by atoms with Gasteiger partial charge in [-0.2, -0.15) is 0 Å². The molecule has 18 heavy (non-hydrogen) atoms. The van der Waals surface area contributed by atoms with Crippen LogP contribution in [0.25, 0.3) is 0 Å². The van der Waals surface area contributed by atoms with E-state index in [4.69, 9.17) is 16.7 Å². The maximum absolute atomic E-state index is 11.8. The quantitative estimate of drug-likeness (QED) is 0.615. The lowest BCUT2D eigenvalue weighted by Gasteiger charge is -2.09. The summed E-state index contributed by atoms with van der Waals surface area (Å²) < 4.78 is 0. The van der Waals surface area contributed by atoms with Crippen LogP contribution in [-0.4, -0.2) is 29.1 Å². The molecule has 1 amide bonds. The average Bonchev–Trinajstić information content (AvgIpc) is 2.32. The predicted molar refractivity (Wildman–Crippen MR) is 71.8 cm³/mol. The molecule has 0 bridgehead atoms. The Morgan fingerprint density at radius 3 is 2.89 bits per heavy atom. The van der Waals surface area contributed by atoms with Gasteiger partial charge < -0.3 is 10.4 Å². The van der Waals surface area contributed by atoms with Crippen molar-refractivity contribution in [3.63, 3.8) is 0 Å². The van der Waals surface area contributed by atoms with Crippen molar-refractivity contribution in [3.05, 3.63) is 28.5 Å². The van der Waals surface area contributed by atoms with Gasteiger partial charge in [0.15, 0.2) is 0 Å². The summed E-state index contributed by atoms with van der Waals surface area (Å²) >= 11 is 5.80. The summed E-state index contributed by atoms with van der Waals surface area (Å²) in [6.45, 7) is 4.56. The van der Waals surface area contributed by atoms with E-state index < -0.39 is 0 Å². The van der Waals surface area contributed by atoms with Gasteiger partial charge in [-0.05, 0) is 37.8 Å². The van der Waals surface area contributed by atoms with Crippen LogP contribution in [0.2, 0.25) is 5.15 Å². The molecular weight excluding hydrogens is 252 g/mol. The summed E-state index contributed by atoms with van der Waals surface area (Å²) in [5, 5.41) is 12.0. The smallest absolute Gasteiger partial charge is 0.251 e. The zero-order valence-electron chi connectivity index (χ0n) is 10.7. The van der Waals surface area contributed by atoms with Crippen LogP contribution in [-0.2, 0) is 0 Å². The molecule has 0 fully saturated rings. The first kappa shape index (κ1) is 14.9. The number of carbonyl (C=O) groups is 1. The summed E-state index contributed by atoms with van der Waals surface area (Å²) in [6.07, 6.45) is 1.75. The number of nitrogens with zero attached hydrogens (tertiary/aromatic N) is 1. The zero-order chi connectivity index (χ0) is 13.5. The molecule has 2 N–H and O–H groups in total. The van der Waals surface area contributed by atoms with E-state index in [1.54, 1.807) is 19.1 Å². The van der Waals surface area contributed by atoms with Crippen LogP contribution in [0.5, 0.6) is 0 Å². The number of aromatic nitrogens is 1. The highest BCUT2D eigenvalue weighted by molar-refractivity contribution is 6.29. The number of halogens is 1. The highest BCUT2D eigenvalue weighted by atomic mass is 35.5. The normalized spacial score (nSPS) is 12.2. The molecule has 0 saturated carbocycles. The number of aliphatic hydroxyl groups excluding tert-OH is 1. The molecule has 0 aliphatic rings. The van der Waals surface area contributed by atoms with E-state index in [1.165, 1.54) is 0 Å². The molecular formula is C13H19ClN2O2. The summed E-state index contributed by atoms with van der Waals surface area (Å²) in [5.74, 6) is 0.138. The summed E-state index contributed by atoms with van der Waals surface area (Å²) in [7, 11) is 0. The van der Waals surface area contributed by atoms with Gasteiger partial charge in [0.25, 0.3) is 5.91 Å². The Bertz CT molecular complexity index is 390. The second-order valence-corrected chi connectivity index (χ2v) is 4.89. The van der Waals surface area contributed by atoms with E-state index >= 15 is 0 Å². The second kappa shape index (κ2) is 7.34. The molecule has 1 unspecified atom stereocenters. The third kappa shape index (κ3) is 5.02.